The van der Waals surface area contributed by atoms with Gasteiger partial charge in [0.2, 0.25) is 0 Å². The van der Waals surface area contributed by atoms with Crippen LogP contribution in [0.4, 0.5) is 30.7 Å². The lowest BCUT2D eigenvalue weighted by Gasteiger charge is -2.16. The molecular weight excluding hydrogens is 241 g/mol. The monoisotopic (exact) mass is 246 g/mol. The van der Waals surface area contributed by atoms with E-state index in [-0.39, 0.29) is 12.1 Å². The SMILES string of the molecule is Cc1cc(C(F)(F)F)c(C(F)(F)F)cc1F. The summed E-state index contributed by atoms with van der Waals surface area (Å²) >= 11 is 0. The third kappa shape index (κ3) is 2.45. The van der Waals surface area contributed by atoms with E-state index in [9.17, 15) is 30.7 Å². The molecule has 0 heterocycles. The number of alkyl halides is 6. The number of benzene rings is 1. The molecule has 0 fully saturated rings. The lowest BCUT2D eigenvalue weighted by Crippen LogP contribution is -2.17. The molecule has 0 aliphatic rings. The molecule has 7 heteroatoms. The van der Waals surface area contributed by atoms with Crippen LogP contribution in [0.2, 0.25) is 0 Å². The Kier molecular flexibility index (Phi) is 2.91. The van der Waals surface area contributed by atoms with Crippen LogP contribution in [0.1, 0.15) is 16.7 Å². The minimum Gasteiger partial charge on any atom is -0.207 e. The van der Waals surface area contributed by atoms with E-state index in [1.165, 1.54) is 0 Å². The lowest BCUT2D eigenvalue weighted by molar-refractivity contribution is -0.162. The third-order valence-electron chi connectivity index (χ3n) is 1.91. The van der Waals surface area contributed by atoms with Gasteiger partial charge in [-0.05, 0) is 24.6 Å². The molecule has 0 unspecified atom stereocenters. The summed E-state index contributed by atoms with van der Waals surface area (Å²) in [5.41, 5.74) is -4.37. The van der Waals surface area contributed by atoms with E-state index in [2.05, 4.69) is 0 Å². The number of hydrogen-bond acceptors (Lipinski definition) is 0. The van der Waals surface area contributed by atoms with Crippen LogP contribution in [0.3, 0.4) is 0 Å². The van der Waals surface area contributed by atoms with Crippen molar-refractivity contribution >= 4 is 0 Å². The first-order chi connectivity index (χ1) is 7.03. The van der Waals surface area contributed by atoms with Crippen LogP contribution in [0.15, 0.2) is 12.1 Å². The Morgan fingerprint density at radius 2 is 1.19 bits per heavy atom. The van der Waals surface area contributed by atoms with Gasteiger partial charge in [-0.3, -0.25) is 0 Å². The molecule has 0 aliphatic carbocycles. The molecule has 0 saturated heterocycles. The average molecular weight is 246 g/mol. The molecule has 16 heavy (non-hydrogen) atoms. The smallest absolute Gasteiger partial charge is 0.207 e. The highest BCUT2D eigenvalue weighted by molar-refractivity contribution is 5.36. The van der Waals surface area contributed by atoms with Gasteiger partial charge in [-0.15, -0.1) is 0 Å². The maximum atomic E-state index is 12.8. The van der Waals surface area contributed by atoms with E-state index >= 15 is 0 Å². The third-order valence-corrected chi connectivity index (χ3v) is 1.91. The zero-order chi connectivity index (χ0) is 12.7. The van der Waals surface area contributed by atoms with Gasteiger partial charge >= 0.3 is 12.4 Å². The molecule has 0 N–H and O–H groups in total. The molecule has 0 amide bonds. The van der Waals surface area contributed by atoms with E-state index in [0.29, 0.717) is 0 Å². The van der Waals surface area contributed by atoms with Crippen molar-refractivity contribution in [2.24, 2.45) is 0 Å². The summed E-state index contributed by atoms with van der Waals surface area (Å²) in [7, 11) is 0. The van der Waals surface area contributed by atoms with Crippen molar-refractivity contribution in [2.75, 3.05) is 0 Å². The minimum absolute atomic E-state index is 0.141. The Morgan fingerprint density at radius 3 is 1.56 bits per heavy atom. The Balaban J connectivity index is 3.53. The van der Waals surface area contributed by atoms with Crippen molar-refractivity contribution in [3.8, 4) is 0 Å². The molecule has 0 saturated carbocycles. The first-order valence-electron chi connectivity index (χ1n) is 3.98. The first kappa shape index (κ1) is 12.8. The van der Waals surface area contributed by atoms with E-state index in [0.717, 1.165) is 6.92 Å². The van der Waals surface area contributed by atoms with Crippen LogP contribution in [0.25, 0.3) is 0 Å². The van der Waals surface area contributed by atoms with E-state index in [1.807, 2.05) is 0 Å². The fourth-order valence-electron chi connectivity index (χ4n) is 1.15. The van der Waals surface area contributed by atoms with E-state index < -0.39 is 34.9 Å². The zero-order valence-electron chi connectivity index (χ0n) is 7.80. The topological polar surface area (TPSA) is 0 Å². The molecule has 0 radical (unpaired) electrons. The summed E-state index contributed by atoms with van der Waals surface area (Å²) in [4.78, 5) is 0. The molecule has 0 spiro atoms. The largest absolute Gasteiger partial charge is 0.417 e. The second kappa shape index (κ2) is 3.64. The van der Waals surface area contributed by atoms with Gasteiger partial charge in [-0.2, -0.15) is 26.3 Å². The average Bonchev–Trinajstić information content (AvgIpc) is 2.05. The van der Waals surface area contributed by atoms with Crippen LogP contribution in [0, 0.1) is 12.7 Å². The molecule has 0 aromatic heterocycles. The summed E-state index contributed by atoms with van der Waals surface area (Å²) in [6.45, 7) is 0.963. The summed E-state index contributed by atoms with van der Waals surface area (Å²) in [5.74, 6) is -1.32. The summed E-state index contributed by atoms with van der Waals surface area (Å²) < 4.78 is 86.3. The van der Waals surface area contributed by atoms with Crippen molar-refractivity contribution in [1.82, 2.24) is 0 Å². The highest BCUT2D eigenvalue weighted by atomic mass is 19.4. The van der Waals surface area contributed by atoms with Crippen molar-refractivity contribution in [3.05, 3.63) is 34.6 Å². The molecule has 90 valence electrons. The molecule has 0 nitrogen and oxygen atoms in total. The van der Waals surface area contributed by atoms with Crippen molar-refractivity contribution in [2.45, 2.75) is 19.3 Å². The lowest BCUT2D eigenvalue weighted by atomic mass is 10.0. The minimum atomic E-state index is -5.24. The molecular formula is C9H5F7. The highest BCUT2D eigenvalue weighted by Crippen LogP contribution is 2.41. The number of rotatable bonds is 0. The van der Waals surface area contributed by atoms with Crippen LogP contribution in [0.5, 0.6) is 0 Å². The van der Waals surface area contributed by atoms with Crippen LogP contribution < -0.4 is 0 Å². The van der Waals surface area contributed by atoms with Crippen molar-refractivity contribution in [1.29, 1.82) is 0 Å². The van der Waals surface area contributed by atoms with Gasteiger partial charge in [0.15, 0.2) is 0 Å². The van der Waals surface area contributed by atoms with Gasteiger partial charge in [-0.1, -0.05) is 0 Å². The van der Waals surface area contributed by atoms with Gasteiger partial charge in [-0.25, -0.2) is 4.39 Å². The van der Waals surface area contributed by atoms with Crippen molar-refractivity contribution < 1.29 is 30.7 Å². The zero-order valence-corrected chi connectivity index (χ0v) is 7.80. The quantitative estimate of drug-likeness (QED) is 0.602. The maximum absolute atomic E-state index is 12.8. The normalized spacial score (nSPS) is 13.0. The van der Waals surface area contributed by atoms with E-state index in [4.69, 9.17) is 0 Å². The molecule has 0 atom stereocenters. The van der Waals surface area contributed by atoms with Crippen LogP contribution in [-0.4, -0.2) is 0 Å². The van der Waals surface area contributed by atoms with Crippen LogP contribution >= 0.6 is 0 Å². The maximum Gasteiger partial charge on any atom is 0.417 e. The second-order valence-corrected chi connectivity index (χ2v) is 3.14. The van der Waals surface area contributed by atoms with Gasteiger partial charge in [0.1, 0.15) is 5.82 Å². The second-order valence-electron chi connectivity index (χ2n) is 3.14. The van der Waals surface area contributed by atoms with Gasteiger partial charge in [0, 0.05) is 0 Å². The van der Waals surface area contributed by atoms with Crippen LogP contribution in [-0.2, 0) is 12.4 Å². The Labute approximate surface area is 85.7 Å². The standard InChI is InChI=1S/C9H5F7/c1-4-2-5(8(11,12)13)6(3-7(4)10)9(14,15)16/h2-3H,1H3. The summed E-state index contributed by atoms with van der Waals surface area (Å²) in [6, 6.07) is 0.0102. The van der Waals surface area contributed by atoms with Gasteiger partial charge in [0.05, 0.1) is 11.1 Å². The van der Waals surface area contributed by atoms with Crippen molar-refractivity contribution in [3.63, 3.8) is 0 Å². The Hall–Kier alpha value is -1.27. The number of aryl methyl sites for hydroxylation is 1. The first-order valence-corrected chi connectivity index (χ1v) is 3.98. The number of halogens is 7. The summed E-state index contributed by atoms with van der Waals surface area (Å²) in [6.07, 6.45) is -10.4. The molecule has 1 aromatic rings. The number of hydrogen-bond donors (Lipinski definition) is 0. The molecule has 1 rings (SSSR count). The Morgan fingerprint density at radius 1 is 0.812 bits per heavy atom. The Bertz CT molecular complexity index is 361. The van der Waals surface area contributed by atoms with Gasteiger partial charge < -0.3 is 0 Å². The predicted octanol–water partition coefficient (Wildman–Crippen LogP) is 4.17. The fraction of sp³-hybridized carbons (Fsp3) is 0.333. The highest BCUT2D eigenvalue weighted by Gasteiger charge is 2.43. The predicted molar refractivity (Wildman–Crippen MR) is 41.1 cm³/mol. The molecule has 0 bridgehead atoms. The fourth-order valence-corrected chi connectivity index (χ4v) is 1.15. The molecule has 0 aliphatic heterocycles. The summed E-state index contributed by atoms with van der Waals surface area (Å²) in [5, 5.41) is 0. The van der Waals surface area contributed by atoms with Gasteiger partial charge in [0.25, 0.3) is 0 Å². The van der Waals surface area contributed by atoms with E-state index in [1.54, 1.807) is 0 Å². The molecule has 1 aromatic carbocycles.